The van der Waals surface area contributed by atoms with Crippen LogP contribution in [0.1, 0.15) is 12.0 Å². The molecule has 1 aliphatic heterocycles. The van der Waals surface area contributed by atoms with Gasteiger partial charge >= 0.3 is 0 Å². The van der Waals surface area contributed by atoms with Crippen molar-refractivity contribution in [3.05, 3.63) is 48.0 Å². The van der Waals surface area contributed by atoms with Crippen molar-refractivity contribution in [2.24, 2.45) is 0 Å². The highest BCUT2D eigenvalue weighted by atomic mass is 16.5. The van der Waals surface area contributed by atoms with E-state index in [4.69, 9.17) is 9.47 Å². The number of benzene rings is 2. The quantitative estimate of drug-likeness (QED) is 0.914. The molecule has 0 aliphatic carbocycles. The summed E-state index contributed by atoms with van der Waals surface area (Å²) < 4.78 is 10.8. The van der Waals surface area contributed by atoms with Gasteiger partial charge < -0.3 is 19.9 Å². The number of fused-ring (bicyclic) bond motifs is 1. The molecular weight excluding hydrogens is 282 g/mol. The number of hydrogen-bond acceptors (Lipinski definition) is 4. The number of amides is 1. The molecule has 114 valence electrons. The maximum Gasteiger partial charge on any atom is 0.265 e. The topological polar surface area (TPSA) is 67.8 Å². The summed E-state index contributed by atoms with van der Waals surface area (Å²) in [6, 6.07) is 12.5. The Kier molecular flexibility index (Phi) is 3.87. The van der Waals surface area contributed by atoms with Gasteiger partial charge in [0.2, 0.25) is 0 Å². The molecular formula is C17H17NO4. The van der Waals surface area contributed by atoms with Crippen LogP contribution in [0.5, 0.6) is 17.2 Å². The minimum atomic E-state index is -0.554. The van der Waals surface area contributed by atoms with Crippen LogP contribution in [-0.4, -0.2) is 24.2 Å². The van der Waals surface area contributed by atoms with Gasteiger partial charge in [-0.2, -0.15) is 0 Å². The molecule has 1 atom stereocenters. The van der Waals surface area contributed by atoms with E-state index in [1.807, 2.05) is 30.3 Å². The van der Waals surface area contributed by atoms with E-state index in [1.54, 1.807) is 12.1 Å². The van der Waals surface area contributed by atoms with Gasteiger partial charge in [0.25, 0.3) is 5.91 Å². The normalized spacial score (nSPS) is 16.3. The van der Waals surface area contributed by atoms with Crippen molar-refractivity contribution in [1.29, 1.82) is 0 Å². The zero-order chi connectivity index (χ0) is 15.5. The molecule has 2 aromatic rings. The molecule has 2 aromatic carbocycles. The molecule has 5 nitrogen and oxygen atoms in total. The average Bonchev–Trinajstić information content (AvgIpc) is 2.54. The van der Waals surface area contributed by atoms with Crippen LogP contribution >= 0.6 is 0 Å². The van der Waals surface area contributed by atoms with Crippen molar-refractivity contribution in [3.8, 4) is 17.2 Å². The highest BCUT2D eigenvalue weighted by molar-refractivity contribution is 5.94. The van der Waals surface area contributed by atoms with Gasteiger partial charge in [0.1, 0.15) is 5.75 Å². The standard InChI is InChI=1S/C17H17NO4/c1-21-16-10-15-11(9-13(16)19)7-8-14(22-15)17(20)18-12-5-3-2-4-6-12/h2-6,9-10,14,19H,7-8H2,1H3,(H,18,20). The number of aryl methyl sites for hydroxylation is 1. The maximum atomic E-state index is 12.3. The number of ether oxygens (including phenoxy) is 2. The number of aromatic hydroxyl groups is 1. The molecule has 2 N–H and O–H groups in total. The van der Waals surface area contributed by atoms with E-state index in [2.05, 4.69) is 5.32 Å². The van der Waals surface area contributed by atoms with Crippen molar-refractivity contribution in [2.75, 3.05) is 12.4 Å². The fraction of sp³-hybridized carbons (Fsp3) is 0.235. The van der Waals surface area contributed by atoms with Crippen molar-refractivity contribution >= 4 is 11.6 Å². The molecule has 0 saturated heterocycles. The summed E-state index contributed by atoms with van der Waals surface area (Å²) in [4.78, 5) is 12.3. The monoisotopic (exact) mass is 299 g/mol. The molecule has 3 rings (SSSR count). The highest BCUT2D eigenvalue weighted by Crippen LogP contribution is 2.37. The molecule has 5 heteroatoms. The van der Waals surface area contributed by atoms with E-state index < -0.39 is 6.10 Å². The molecule has 0 bridgehead atoms. The van der Waals surface area contributed by atoms with Gasteiger partial charge in [-0.05, 0) is 36.6 Å². The predicted octanol–water partition coefficient (Wildman–Crippen LogP) is 2.73. The predicted molar refractivity (Wildman–Crippen MR) is 82.5 cm³/mol. The van der Waals surface area contributed by atoms with Crippen LogP contribution in [0.3, 0.4) is 0 Å². The number of carbonyl (C=O) groups excluding carboxylic acids is 1. The zero-order valence-electron chi connectivity index (χ0n) is 12.2. The van der Waals surface area contributed by atoms with E-state index in [-0.39, 0.29) is 11.7 Å². The number of para-hydroxylation sites is 1. The number of hydrogen-bond donors (Lipinski definition) is 2. The second kappa shape index (κ2) is 5.97. The zero-order valence-corrected chi connectivity index (χ0v) is 12.2. The number of anilines is 1. The Morgan fingerprint density at radius 1 is 1.32 bits per heavy atom. The summed E-state index contributed by atoms with van der Waals surface area (Å²) in [6.45, 7) is 0. The number of nitrogens with one attached hydrogen (secondary N) is 1. The smallest absolute Gasteiger partial charge is 0.265 e. The third-order valence-corrected chi connectivity index (χ3v) is 3.64. The summed E-state index contributed by atoms with van der Waals surface area (Å²) in [5, 5.41) is 12.6. The number of phenolic OH excluding ortho intramolecular Hbond substituents is 1. The van der Waals surface area contributed by atoms with Crippen LogP contribution in [0.15, 0.2) is 42.5 Å². The first-order valence-corrected chi connectivity index (χ1v) is 7.10. The molecule has 0 aromatic heterocycles. The lowest BCUT2D eigenvalue weighted by molar-refractivity contribution is -0.123. The molecule has 0 saturated carbocycles. The SMILES string of the molecule is COc1cc2c(cc1O)CCC(C(=O)Nc1ccccc1)O2. The minimum Gasteiger partial charge on any atom is -0.504 e. The summed E-state index contributed by atoms with van der Waals surface area (Å²) in [6.07, 6.45) is 0.680. The lowest BCUT2D eigenvalue weighted by Crippen LogP contribution is -2.35. The molecule has 1 unspecified atom stereocenters. The van der Waals surface area contributed by atoms with Gasteiger partial charge in [-0.15, -0.1) is 0 Å². The van der Waals surface area contributed by atoms with Gasteiger partial charge in [0.05, 0.1) is 7.11 Å². The highest BCUT2D eigenvalue weighted by Gasteiger charge is 2.27. The van der Waals surface area contributed by atoms with Gasteiger partial charge in [0.15, 0.2) is 17.6 Å². The third-order valence-electron chi connectivity index (χ3n) is 3.64. The number of rotatable bonds is 3. The molecule has 0 fully saturated rings. The van der Waals surface area contributed by atoms with E-state index in [9.17, 15) is 9.90 Å². The van der Waals surface area contributed by atoms with Gasteiger partial charge in [-0.3, -0.25) is 4.79 Å². The lowest BCUT2D eigenvalue weighted by atomic mass is 10.0. The van der Waals surface area contributed by atoms with Crippen LogP contribution < -0.4 is 14.8 Å². The molecule has 0 radical (unpaired) electrons. The average molecular weight is 299 g/mol. The van der Waals surface area contributed by atoms with Crippen molar-refractivity contribution < 1.29 is 19.4 Å². The fourth-order valence-corrected chi connectivity index (χ4v) is 2.49. The molecule has 1 aliphatic rings. The van der Waals surface area contributed by atoms with E-state index in [0.29, 0.717) is 24.3 Å². The third kappa shape index (κ3) is 2.83. The van der Waals surface area contributed by atoms with Crippen LogP contribution in [0, 0.1) is 0 Å². The Morgan fingerprint density at radius 3 is 2.82 bits per heavy atom. The van der Waals surface area contributed by atoms with E-state index in [1.165, 1.54) is 7.11 Å². The van der Waals surface area contributed by atoms with Crippen LogP contribution in [0.4, 0.5) is 5.69 Å². The number of phenols is 1. The first-order valence-electron chi connectivity index (χ1n) is 7.10. The van der Waals surface area contributed by atoms with E-state index >= 15 is 0 Å². The molecule has 22 heavy (non-hydrogen) atoms. The van der Waals surface area contributed by atoms with Crippen LogP contribution in [-0.2, 0) is 11.2 Å². The largest absolute Gasteiger partial charge is 0.504 e. The number of methoxy groups -OCH3 is 1. The Morgan fingerprint density at radius 2 is 2.09 bits per heavy atom. The Balaban J connectivity index is 1.75. The lowest BCUT2D eigenvalue weighted by Gasteiger charge is -2.26. The van der Waals surface area contributed by atoms with Gasteiger partial charge in [-0.1, -0.05) is 18.2 Å². The van der Waals surface area contributed by atoms with Crippen LogP contribution in [0.2, 0.25) is 0 Å². The maximum absolute atomic E-state index is 12.3. The second-order valence-corrected chi connectivity index (χ2v) is 5.13. The van der Waals surface area contributed by atoms with Crippen molar-refractivity contribution in [2.45, 2.75) is 18.9 Å². The summed E-state index contributed by atoms with van der Waals surface area (Å²) in [7, 11) is 1.48. The minimum absolute atomic E-state index is 0.0806. The first-order chi connectivity index (χ1) is 10.7. The van der Waals surface area contributed by atoms with Gasteiger partial charge in [0, 0.05) is 11.8 Å². The summed E-state index contributed by atoms with van der Waals surface area (Å²) >= 11 is 0. The molecule has 1 amide bonds. The molecule has 1 heterocycles. The summed E-state index contributed by atoms with van der Waals surface area (Å²) in [5.74, 6) is 0.818. The van der Waals surface area contributed by atoms with Crippen molar-refractivity contribution in [1.82, 2.24) is 0 Å². The molecule has 0 spiro atoms. The fourth-order valence-electron chi connectivity index (χ4n) is 2.49. The Bertz CT molecular complexity index is 685. The number of carbonyl (C=O) groups is 1. The van der Waals surface area contributed by atoms with Crippen molar-refractivity contribution in [3.63, 3.8) is 0 Å². The second-order valence-electron chi connectivity index (χ2n) is 5.13. The van der Waals surface area contributed by atoms with E-state index in [0.717, 1.165) is 11.3 Å². The summed E-state index contributed by atoms with van der Waals surface area (Å²) in [5.41, 5.74) is 1.62. The Labute approximate surface area is 128 Å². The van der Waals surface area contributed by atoms with Crippen LogP contribution in [0.25, 0.3) is 0 Å². The Hall–Kier alpha value is -2.69. The first kappa shape index (κ1) is 14.3. The van der Waals surface area contributed by atoms with Gasteiger partial charge in [-0.25, -0.2) is 0 Å².